The van der Waals surface area contributed by atoms with E-state index in [4.69, 9.17) is 0 Å². The molecule has 0 bridgehead atoms. The minimum Gasteiger partial charge on any atom is -0.324 e. The number of para-hydroxylation sites is 1. The van der Waals surface area contributed by atoms with Gasteiger partial charge in [-0.25, -0.2) is 0 Å². The number of benzene rings is 1. The lowest BCUT2D eigenvalue weighted by Gasteiger charge is -2.07. The average Bonchev–Trinajstić information content (AvgIpc) is 2.99. The van der Waals surface area contributed by atoms with Crippen LogP contribution in [0.3, 0.4) is 0 Å². The average molecular weight is 282 g/mol. The molecule has 0 aliphatic rings. The van der Waals surface area contributed by atoms with Gasteiger partial charge >= 0.3 is 0 Å². The molecular formula is C16H14N2OS. The molecule has 0 aliphatic heterocycles. The van der Waals surface area contributed by atoms with Crippen LogP contribution in [0.2, 0.25) is 0 Å². The van der Waals surface area contributed by atoms with Gasteiger partial charge in [0.05, 0.1) is 11.2 Å². The fourth-order valence-electron chi connectivity index (χ4n) is 2.11. The Balaban J connectivity index is 1.71. The van der Waals surface area contributed by atoms with Crippen molar-refractivity contribution in [1.29, 1.82) is 0 Å². The number of nitrogens with zero attached hydrogens (tertiary/aromatic N) is 1. The van der Waals surface area contributed by atoms with Crippen molar-refractivity contribution in [2.45, 2.75) is 12.8 Å². The highest BCUT2D eigenvalue weighted by molar-refractivity contribution is 7.07. The maximum absolute atomic E-state index is 12.0. The molecule has 0 atom stereocenters. The molecule has 1 N–H and O–H groups in total. The molecule has 2 heterocycles. The van der Waals surface area contributed by atoms with Crippen molar-refractivity contribution in [2.24, 2.45) is 0 Å². The number of nitrogens with one attached hydrogen (secondary N) is 1. The molecule has 2 aromatic heterocycles. The van der Waals surface area contributed by atoms with Crippen molar-refractivity contribution < 1.29 is 4.79 Å². The molecule has 100 valence electrons. The Bertz CT molecular complexity index is 717. The Morgan fingerprint density at radius 2 is 2.10 bits per heavy atom. The zero-order valence-electron chi connectivity index (χ0n) is 10.9. The Hall–Kier alpha value is -2.20. The third-order valence-corrected chi connectivity index (χ3v) is 3.86. The van der Waals surface area contributed by atoms with Crippen LogP contribution in [0.1, 0.15) is 12.0 Å². The molecule has 3 rings (SSSR count). The number of carbonyl (C=O) groups is 1. The van der Waals surface area contributed by atoms with Gasteiger partial charge in [-0.1, -0.05) is 18.2 Å². The standard InChI is InChI=1S/C16H14N2OS/c19-15(7-6-12-8-10-20-11-12)18-14-5-1-3-13-4-2-9-17-16(13)14/h1-5,8-11H,6-7H2,(H,18,19). The fourth-order valence-corrected chi connectivity index (χ4v) is 2.81. The molecule has 0 saturated carbocycles. The molecule has 20 heavy (non-hydrogen) atoms. The summed E-state index contributed by atoms with van der Waals surface area (Å²) in [5, 5.41) is 8.09. The number of thiophene rings is 1. The highest BCUT2D eigenvalue weighted by Gasteiger charge is 2.07. The van der Waals surface area contributed by atoms with Gasteiger partial charge in [-0.05, 0) is 40.9 Å². The number of hydrogen-bond donors (Lipinski definition) is 1. The van der Waals surface area contributed by atoms with Crippen LogP contribution in [0.4, 0.5) is 5.69 Å². The van der Waals surface area contributed by atoms with E-state index in [1.807, 2.05) is 35.7 Å². The molecule has 0 aliphatic carbocycles. The fraction of sp³-hybridized carbons (Fsp3) is 0.125. The van der Waals surface area contributed by atoms with Crippen molar-refractivity contribution in [3.63, 3.8) is 0 Å². The Morgan fingerprint density at radius 1 is 1.20 bits per heavy atom. The van der Waals surface area contributed by atoms with Crippen LogP contribution in [0, 0.1) is 0 Å². The Labute approximate surface area is 121 Å². The predicted molar refractivity (Wildman–Crippen MR) is 83.0 cm³/mol. The van der Waals surface area contributed by atoms with Crippen molar-refractivity contribution in [1.82, 2.24) is 4.98 Å². The first kappa shape index (κ1) is 12.8. The zero-order chi connectivity index (χ0) is 13.8. The minimum atomic E-state index is 0.0225. The number of carbonyl (C=O) groups excluding carboxylic acids is 1. The molecule has 3 nitrogen and oxygen atoms in total. The zero-order valence-corrected chi connectivity index (χ0v) is 11.7. The number of aryl methyl sites for hydroxylation is 1. The normalized spacial score (nSPS) is 10.6. The van der Waals surface area contributed by atoms with Crippen LogP contribution in [0.15, 0.2) is 53.4 Å². The molecule has 0 radical (unpaired) electrons. The molecule has 0 spiro atoms. The summed E-state index contributed by atoms with van der Waals surface area (Å²) in [6.07, 6.45) is 3.00. The maximum atomic E-state index is 12.0. The third kappa shape index (κ3) is 2.86. The first-order valence-corrected chi connectivity index (χ1v) is 7.42. The van der Waals surface area contributed by atoms with Gasteiger partial charge in [0.2, 0.25) is 5.91 Å². The van der Waals surface area contributed by atoms with Crippen molar-refractivity contribution >= 4 is 33.8 Å². The van der Waals surface area contributed by atoms with E-state index in [1.165, 1.54) is 5.56 Å². The van der Waals surface area contributed by atoms with E-state index in [2.05, 4.69) is 21.7 Å². The largest absolute Gasteiger partial charge is 0.324 e. The molecule has 3 aromatic rings. The lowest BCUT2D eigenvalue weighted by Crippen LogP contribution is -2.12. The second-order valence-electron chi connectivity index (χ2n) is 4.56. The van der Waals surface area contributed by atoms with Gasteiger partial charge in [-0.2, -0.15) is 11.3 Å². The van der Waals surface area contributed by atoms with Gasteiger partial charge < -0.3 is 5.32 Å². The van der Waals surface area contributed by atoms with Crippen molar-refractivity contribution in [2.75, 3.05) is 5.32 Å². The second kappa shape index (κ2) is 5.84. The summed E-state index contributed by atoms with van der Waals surface area (Å²) < 4.78 is 0. The van der Waals surface area contributed by atoms with Gasteiger partial charge in [0, 0.05) is 18.0 Å². The van der Waals surface area contributed by atoms with Crippen molar-refractivity contribution in [3.8, 4) is 0 Å². The summed E-state index contributed by atoms with van der Waals surface area (Å²) in [6, 6.07) is 11.7. The maximum Gasteiger partial charge on any atom is 0.224 e. The van der Waals surface area contributed by atoms with Crippen LogP contribution in [-0.2, 0) is 11.2 Å². The topological polar surface area (TPSA) is 42.0 Å². The van der Waals surface area contributed by atoms with Crippen LogP contribution >= 0.6 is 11.3 Å². The number of aromatic nitrogens is 1. The molecule has 1 aromatic carbocycles. The van der Waals surface area contributed by atoms with Crippen molar-refractivity contribution in [3.05, 3.63) is 58.9 Å². The second-order valence-corrected chi connectivity index (χ2v) is 5.34. The highest BCUT2D eigenvalue weighted by atomic mass is 32.1. The third-order valence-electron chi connectivity index (χ3n) is 3.13. The summed E-state index contributed by atoms with van der Waals surface area (Å²) in [7, 11) is 0. The Morgan fingerprint density at radius 3 is 2.95 bits per heavy atom. The summed E-state index contributed by atoms with van der Waals surface area (Å²) in [6.45, 7) is 0. The predicted octanol–water partition coefficient (Wildman–Crippen LogP) is 3.87. The number of amides is 1. The van der Waals surface area contributed by atoms with E-state index in [0.717, 1.165) is 23.0 Å². The molecular weight excluding hydrogens is 268 g/mol. The summed E-state index contributed by atoms with van der Waals surface area (Å²) in [4.78, 5) is 16.3. The van der Waals surface area contributed by atoms with E-state index >= 15 is 0 Å². The SMILES string of the molecule is O=C(CCc1ccsc1)Nc1cccc2cccnc12. The molecule has 0 unspecified atom stereocenters. The van der Waals surface area contributed by atoms with Crippen LogP contribution < -0.4 is 5.32 Å². The van der Waals surface area contributed by atoms with Gasteiger partial charge in [-0.15, -0.1) is 0 Å². The summed E-state index contributed by atoms with van der Waals surface area (Å²) in [5.74, 6) is 0.0225. The van der Waals surface area contributed by atoms with E-state index in [9.17, 15) is 4.79 Å². The van der Waals surface area contributed by atoms with Crippen LogP contribution in [0.25, 0.3) is 10.9 Å². The highest BCUT2D eigenvalue weighted by Crippen LogP contribution is 2.21. The first-order chi connectivity index (χ1) is 9.83. The van der Waals surface area contributed by atoms with E-state index in [1.54, 1.807) is 17.5 Å². The molecule has 0 fully saturated rings. The summed E-state index contributed by atoms with van der Waals surface area (Å²) >= 11 is 1.66. The molecule has 1 amide bonds. The van der Waals surface area contributed by atoms with E-state index in [-0.39, 0.29) is 5.91 Å². The number of rotatable bonds is 4. The lowest BCUT2D eigenvalue weighted by molar-refractivity contribution is -0.116. The Kier molecular flexibility index (Phi) is 3.74. The molecule has 4 heteroatoms. The van der Waals surface area contributed by atoms with Gasteiger partial charge in [0.1, 0.15) is 0 Å². The monoisotopic (exact) mass is 282 g/mol. The number of anilines is 1. The number of pyridine rings is 1. The van der Waals surface area contributed by atoms with Crippen LogP contribution in [-0.4, -0.2) is 10.9 Å². The molecule has 0 saturated heterocycles. The number of fused-ring (bicyclic) bond motifs is 1. The minimum absolute atomic E-state index is 0.0225. The van der Waals surface area contributed by atoms with E-state index in [0.29, 0.717) is 6.42 Å². The van der Waals surface area contributed by atoms with E-state index < -0.39 is 0 Å². The number of hydrogen-bond acceptors (Lipinski definition) is 3. The lowest BCUT2D eigenvalue weighted by atomic mass is 10.1. The van der Waals surface area contributed by atoms with Gasteiger partial charge in [-0.3, -0.25) is 9.78 Å². The quantitative estimate of drug-likeness (QED) is 0.789. The van der Waals surface area contributed by atoms with Gasteiger partial charge in [0.15, 0.2) is 0 Å². The smallest absolute Gasteiger partial charge is 0.224 e. The van der Waals surface area contributed by atoms with Gasteiger partial charge in [0.25, 0.3) is 0 Å². The first-order valence-electron chi connectivity index (χ1n) is 6.47. The summed E-state index contributed by atoms with van der Waals surface area (Å²) in [5.41, 5.74) is 2.82. The van der Waals surface area contributed by atoms with Crippen LogP contribution in [0.5, 0.6) is 0 Å².